The average Bonchev–Trinajstić information content (AvgIpc) is 3.30. The number of anilines is 2. The fraction of sp³-hybridized carbons (Fsp3) is 0.222. The van der Waals surface area contributed by atoms with Gasteiger partial charge in [-0.15, -0.1) is 0 Å². The Labute approximate surface area is 192 Å². The van der Waals surface area contributed by atoms with Gasteiger partial charge in [0, 0.05) is 5.69 Å². The second kappa shape index (κ2) is 8.54. The van der Waals surface area contributed by atoms with Gasteiger partial charge in [-0.2, -0.15) is 0 Å². The molecule has 1 aliphatic rings. The molecule has 1 atom stereocenters. The summed E-state index contributed by atoms with van der Waals surface area (Å²) in [6.45, 7) is 4.54. The standard InChI is InChI=1S/C27H26N4O2/c1-3-19-11-13-21(14-12-19)28-25(32)16-24-26(33)30(17-20-8-6-7-18(2)15-20)27-29-22-9-4-5-10-23(22)31(24)27/h4-15,24H,3,16-17H2,1-2H3,(H,28,32)/t24-/m0/s1. The van der Waals surface area contributed by atoms with Crippen LogP contribution >= 0.6 is 0 Å². The summed E-state index contributed by atoms with van der Waals surface area (Å²) in [6.07, 6.45) is 0.990. The van der Waals surface area contributed by atoms with Gasteiger partial charge in [-0.3, -0.25) is 19.1 Å². The molecule has 6 heteroatoms. The minimum atomic E-state index is -0.632. The summed E-state index contributed by atoms with van der Waals surface area (Å²) in [4.78, 5) is 32.9. The highest BCUT2D eigenvalue weighted by molar-refractivity contribution is 6.05. The SMILES string of the molecule is CCc1ccc(NC(=O)C[C@H]2C(=O)N(Cc3cccc(C)c3)c3nc4ccccc4n32)cc1. The lowest BCUT2D eigenvalue weighted by atomic mass is 10.1. The molecule has 0 saturated heterocycles. The monoisotopic (exact) mass is 438 g/mol. The van der Waals surface area contributed by atoms with Crippen LogP contribution in [0.1, 0.15) is 36.1 Å². The van der Waals surface area contributed by atoms with E-state index < -0.39 is 6.04 Å². The molecular weight excluding hydrogens is 412 g/mol. The van der Waals surface area contributed by atoms with E-state index in [4.69, 9.17) is 4.98 Å². The summed E-state index contributed by atoms with van der Waals surface area (Å²) >= 11 is 0. The van der Waals surface area contributed by atoms with Crippen LogP contribution in [0.5, 0.6) is 0 Å². The molecule has 0 saturated carbocycles. The van der Waals surface area contributed by atoms with Crippen LogP contribution in [0, 0.1) is 6.92 Å². The topological polar surface area (TPSA) is 67.2 Å². The molecule has 0 radical (unpaired) electrons. The molecule has 0 bridgehead atoms. The number of benzene rings is 3. The predicted molar refractivity (Wildman–Crippen MR) is 130 cm³/mol. The van der Waals surface area contributed by atoms with Gasteiger partial charge >= 0.3 is 0 Å². The fourth-order valence-electron chi connectivity index (χ4n) is 4.45. The molecule has 0 unspecified atom stereocenters. The molecule has 2 heterocycles. The molecule has 6 nitrogen and oxygen atoms in total. The predicted octanol–water partition coefficient (Wildman–Crippen LogP) is 5.02. The van der Waals surface area contributed by atoms with Gasteiger partial charge in [0.15, 0.2) is 0 Å². The number of nitrogens with one attached hydrogen (secondary N) is 1. The molecule has 3 aromatic carbocycles. The van der Waals surface area contributed by atoms with E-state index in [1.165, 1.54) is 5.56 Å². The van der Waals surface area contributed by atoms with E-state index in [1.54, 1.807) is 4.90 Å². The zero-order valence-electron chi connectivity index (χ0n) is 18.8. The first kappa shape index (κ1) is 20.9. The van der Waals surface area contributed by atoms with E-state index >= 15 is 0 Å². The first-order chi connectivity index (χ1) is 16.0. The zero-order valence-corrected chi connectivity index (χ0v) is 18.8. The number of rotatable bonds is 6. The van der Waals surface area contributed by atoms with Crippen molar-refractivity contribution in [3.63, 3.8) is 0 Å². The van der Waals surface area contributed by atoms with E-state index in [2.05, 4.69) is 18.3 Å². The zero-order chi connectivity index (χ0) is 22.9. The van der Waals surface area contributed by atoms with Gasteiger partial charge in [0.05, 0.1) is 24.0 Å². The van der Waals surface area contributed by atoms with Crippen molar-refractivity contribution in [3.8, 4) is 0 Å². The second-order valence-corrected chi connectivity index (χ2v) is 8.50. The van der Waals surface area contributed by atoms with Crippen LogP contribution in [0.3, 0.4) is 0 Å². The molecular formula is C27H26N4O2. The first-order valence-electron chi connectivity index (χ1n) is 11.3. The maximum Gasteiger partial charge on any atom is 0.253 e. The van der Waals surface area contributed by atoms with Crippen molar-refractivity contribution in [1.82, 2.24) is 9.55 Å². The summed E-state index contributed by atoms with van der Waals surface area (Å²) in [6, 6.07) is 23.0. The van der Waals surface area contributed by atoms with Gasteiger partial charge in [-0.05, 0) is 48.7 Å². The molecule has 166 valence electrons. The van der Waals surface area contributed by atoms with Crippen molar-refractivity contribution in [1.29, 1.82) is 0 Å². The fourth-order valence-corrected chi connectivity index (χ4v) is 4.45. The third kappa shape index (κ3) is 4.00. The van der Waals surface area contributed by atoms with Crippen molar-refractivity contribution in [2.75, 3.05) is 10.2 Å². The van der Waals surface area contributed by atoms with Crippen LogP contribution in [0.25, 0.3) is 11.0 Å². The number of carbonyl (C=O) groups is 2. The number of aryl methyl sites for hydroxylation is 2. The van der Waals surface area contributed by atoms with Crippen LogP contribution in [-0.2, 0) is 22.6 Å². The molecule has 4 aromatic rings. The van der Waals surface area contributed by atoms with Gasteiger partial charge in [0.2, 0.25) is 11.9 Å². The molecule has 1 aliphatic heterocycles. The molecule has 33 heavy (non-hydrogen) atoms. The lowest BCUT2D eigenvalue weighted by molar-refractivity contribution is -0.124. The molecule has 0 aliphatic carbocycles. The molecule has 1 N–H and O–H groups in total. The van der Waals surface area contributed by atoms with Crippen molar-refractivity contribution >= 4 is 34.5 Å². The number of para-hydroxylation sites is 2. The van der Waals surface area contributed by atoms with Crippen molar-refractivity contribution in [2.45, 2.75) is 39.3 Å². The third-order valence-electron chi connectivity index (χ3n) is 6.13. The summed E-state index contributed by atoms with van der Waals surface area (Å²) in [5.41, 5.74) is 5.78. The largest absolute Gasteiger partial charge is 0.326 e. The van der Waals surface area contributed by atoms with Gasteiger partial charge in [-0.25, -0.2) is 4.98 Å². The van der Waals surface area contributed by atoms with Gasteiger partial charge < -0.3 is 5.32 Å². The minimum Gasteiger partial charge on any atom is -0.326 e. The second-order valence-electron chi connectivity index (χ2n) is 8.50. The maximum atomic E-state index is 13.5. The maximum absolute atomic E-state index is 13.5. The lowest BCUT2D eigenvalue weighted by Crippen LogP contribution is -2.31. The highest BCUT2D eigenvalue weighted by atomic mass is 16.2. The Balaban J connectivity index is 1.44. The Morgan fingerprint density at radius 3 is 2.55 bits per heavy atom. The van der Waals surface area contributed by atoms with E-state index in [1.807, 2.05) is 78.2 Å². The molecule has 1 aromatic heterocycles. The highest BCUT2D eigenvalue weighted by Gasteiger charge is 2.40. The Kier molecular flexibility index (Phi) is 5.42. The molecule has 2 amide bonds. The summed E-state index contributed by atoms with van der Waals surface area (Å²) in [5.74, 6) is 0.285. The minimum absolute atomic E-state index is 0.0477. The van der Waals surface area contributed by atoms with Crippen molar-refractivity contribution in [3.05, 3.63) is 89.5 Å². The summed E-state index contributed by atoms with van der Waals surface area (Å²) in [7, 11) is 0. The Bertz CT molecular complexity index is 1340. The smallest absolute Gasteiger partial charge is 0.253 e. The lowest BCUT2D eigenvalue weighted by Gasteiger charge is -2.16. The Morgan fingerprint density at radius 1 is 1.00 bits per heavy atom. The Hall–Kier alpha value is -3.93. The van der Waals surface area contributed by atoms with Crippen LogP contribution < -0.4 is 10.2 Å². The van der Waals surface area contributed by atoms with Crippen LogP contribution in [0.2, 0.25) is 0 Å². The number of imidazole rings is 1. The van der Waals surface area contributed by atoms with Crippen LogP contribution in [-0.4, -0.2) is 21.4 Å². The number of hydrogen-bond donors (Lipinski definition) is 1. The van der Waals surface area contributed by atoms with Gasteiger partial charge in [0.1, 0.15) is 6.04 Å². The highest BCUT2D eigenvalue weighted by Crippen LogP contribution is 2.37. The number of amides is 2. The number of hydrogen-bond acceptors (Lipinski definition) is 3. The molecule has 0 fully saturated rings. The number of aromatic nitrogens is 2. The van der Waals surface area contributed by atoms with E-state index in [0.717, 1.165) is 34.3 Å². The Morgan fingerprint density at radius 2 is 1.79 bits per heavy atom. The average molecular weight is 439 g/mol. The first-order valence-corrected chi connectivity index (χ1v) is 11.3. The van der Waals surface area contributed by atoms with Gasteiger partial charge in [0.25, 0.3) is 5.91 Å². The van der Waals surface area contributed by atoms with Crippen molar-refractivity contribution in [2.24, 2.45) is 0 Å². The van der Waals surface area contributed by atoms with E-state index in [0.29, 0.717) is 12.5 Å². The third-order valence-corrected chi connectivity index (χ3v) is 6.13. The normalized spacial score (nSPS) is 15.2. The molecule has 5 rings (SSSR count). The number of fused-ring (bicyclic) bond motifs is 3. The molecule has 0 spiro atoms. The van der Waals surface area contributed by atoms with Crippen molar-refractivity contribution < 1.29 is 9.59 Å². The number of carbonyl (C=O) groups excluding carboxylic acids is 2. The van der Waals surface area contributed by atoms with E-state index in [9.17, 15) is 9.59 Å². The van der Waals surface area contributed by atoms with E-state index in [-0.39, 0.29) is 18.2 Å². The summed E-state index contributed by atoms with van der Waals surface area (Å²) in [5, 5.41) is 2.94. The van der Waals surface area contributed by atoms with Crippen LogP contribution in [0.15, 0.2) is 72.8 Å². The summed E-state index contributed by atoms with van der Waals surface area (Å²) < 4.78 is 1.91. The number of nitrogens with zero attached hydrogens (tertiary/aromatic N) is 3. The van der Waals surface area contributed by atoms with Crippen LogP contribution in [0.4, 0.5) is 11.6 Å². The van der Waals surface area contributed by atoms with Gasteiger partial charge in [-0.1, -0.05) is 61.0 Å². The quantitative estimate of drug-likeness (QED) is 0.459.